The molecular formula is C15H23N3O2S. The third-order valence-corrected chi connectivity index (χ3v) is 6.15. The number of sulfone groups is 1. The van der Waals surface area contributed by atoms with Crippen molar-refractivity contribution in [3.05, 3.63) is 22.9 Å². The van der Waals surface area contributed by atoms with Gasteiger partial charge in [-0.05, 0) is 43.7 Å². The Hall–Kier alpha value is -1.14. The maximum atomic E-state index is 11.8. The van der Waals surface area contributed by atoms with Gasteiger partial charge in [-0.25, -0.2) is 13.4 Å². The fourth-order valence-corrected chi connectivity index (χ4v) is 4.52. The quantitative estimate of drug-likeness (QED) is 0.883. The fraction of sp³-hybridized carbons (Fsp3) is 0.667. The summed E-state index contributed by atoms with van der Waals surface area (Å²) < 4.78 is 23.5. The molecule has 1 aliphatic heterocycles. The highest BCUT2D eigenvalue weighted by Crippen LogP contribution is 2.27. The molecule has 2 N–H and O–H groups in total. The standard InChI is InChI=1S/C15H23N3O2S/c16-11-13-10-12-4-1-2-5-14(12)17-15(13)18-6-3-8-21(19,20)9-7-18/h10H,1-9,11,16H2. The second-order valence-corrected chi connectivity index (χ2v) is 8.28. The molecule has 0 bridgehead atoms. The molecule has 0 amide bonds. The molecule has 0 aromatic carbocycles. The highest BCUT2D eigenvalue weighted by atomic mass is 32.2. The molecule has 0 spiro atoms. The van der Waals surface area contributed by atoms with Gasteiger partial charge >= 0.3 is 0 Å². The van der Waals surface area contributed by atoms with Crippen molar-refractivity contribution in [2.24, 2.45) is 5.73 Å². The number of nitrogens with zero attached hydrogens (tertiary/aromatic N) is 2. The molecule has 3 rings (SSSR count). The first-order valence-corrected chi connectivity index (χ1v) is 9.58. The summed E-state index contributed by atoms with van der Waals surface area (Å²) in [6.07, 6.45) is 5.20. The van der Waals surface area contributed by atoms with E-state index in [1.54, 1.807) is 0 Å². The predicted molar refractivity (Wildman–Crippen MR) is 84.3 cm³/mol. The lowest BCUT2D eigenvalue weighted by molar-refractivity contribution is 0.597. The number of fused-ring (bicyclic) bond motifs is 1. The molecule has 21 heavy (non-hydrogen) atoms. The van der Waals surface area contributed by atoms with Gasteiger partial charge in [0.25, 0.3) is 0 Å². The second-order valence-electron chi connectivity index (χ2n) is 5.98. The summed E-state index contributed by atoms with van der Waals surface area (Å²) in [6, 6.07) is 2.19. The van der Waals surface area contributed by atoms with Gasteiger partial charge in [-0.15, -0.1) is 0 Å². The third-order valence-electron chi connectivity index (χ3n) is 4.43. The minimum Gasteiger partial charge on any atom is -0.355 e. The lowest BCUT2D eigenvalue weighted by atomic mass is 9.94. The first-order valence-electron chi connectivity index (χ1n) is 7.76. The van der Waals surface area contributed by atoms with Crippen molar-refractivity contribution in [3.8, 4) is 0 Å². The van der Waals surface area contributed by atoms with E-state index in [0.717, 1.165) is 30.8 Å². The number of anilines is 1. The van der Waals surface area contributed by atoms with Gasteiger partial charge in [0.05, 0.1) is 11.5 Å². The Bertz CT molecular complexity index is 628. The van der Waals surface area contributed by atoms with Crippen LogP contribution < -0.4 is 10.6 Å². The largest absolute Gasteiger partial charge is 0.355 e. The van der Waals surface area contributed by atoms with Gasteiger partial charge in [0.2, 0.25) is 0 Å². The van der Waals surface area contributed by atoms with Gasteiger partial charge in [0, 0.05) is 30.9 Å². The summed E-state index contributed by atoms with van der Waals surface area (Å²) in [5, 5.41) is 0. The maximum absolute atomic E-state index is 11.8. The Morgan fingerprint density at radius 3 is 2.76 bits per heavy atom. The number of nitrogens with two attached hydrogens (primary N) is 1. The van der Waals surface area contributed by atoms with E-state index in [9.17, 15) is 8.42 Å². The third kappa shape index (κ3) is 3.21. The van der Waals surface area contributed by atoms with E-state index in [1.165, 1.54) is 24.1 Å². The van der Waals surface area contributed by atoms with Crippen LogP contribution in [0, 0.1) is 0 Å². The van der Waals surface area contributed by atoms with E-state index in [-0.39, 0.29) is 11.5 Å². The van der Waals surface area contributed by atoms with Gasteiger partial charge in [-0.3, -0.25) is 0 Å². The van der Waals surface area contributed by atoms with Crippen LogP contribution >= 0.6 is 0 Å². The van der Waals surface area contributed by atoms with Crippen LogP contribution in [0.2, 0.25) is 0 Å². The lowest BCUT2D eigenvalue weighted by Crippen LogP contribution is -2.30. The molecule has 116 valence electrons. The van der Waals surface area contributed by atoms with Crippen molar-refractivity contribution in [3.63, 3.8) is 0 Å². The van der Waals surface area contributed by atoms with Crippen molar-refractivity contribution in [2.45, 2.75) is 38.6 Å². The van der Waals surface area contributed by atoms with Crippen LogP contribution in [-0.2, 0) is 29.2 Å². The monoisotopic (exact) mass is 309 g/mol. The maximum Gasteiger partial charge on any atom is 0.152 e. The average molecular weight is 309 g/mol. The molecule has 2 aliphatic rings. The van der Waals surface area contributed by atoms with Gasteiger partial charge in [0.1, 0.15) is 5.82 Å². The number of rotatable bonds is 2. The number of aryl methyl sites for hydroxylation is 2. The van der Waals surface area contributed by atoms with Crippen molar-refractivity contribution in [1.29, 1.82) is 0 Å². The molecule has 6 heteroatoms. The normalized spacial score (nSPS) is 21.7. The van der Waals surface area contributed by atoms with Crippen LogP contribution in [0.3, 0.4) is 0 Å². The Morgan fingerprint density at radius 2 is 1.95 bits per heavy atom. The number of pyridine rings is 1. The molecule has 1 fully saturated rings. The van der Waals surface area contributed by atoms with E-state index in [2.05, 4.69) is 11.0 Å². The van der Waals surface area contributed by atoms with Crippen LogP contribution in [0.1, 0.15) is 36.1 Å². The number of hydrogen-bond acceptors (Lipinski definition) is 5. The topological polar surface area (TPSA) is 76.3 Å². The minimum absolute atomic E-state index is 0.218. The zero-order valence-corrected chi connectivity index (χ0v) is 13.2. The summed E-state index contributed by atoms with van der Waals surface area (Å²) in [6.45, 7) is 1.73. The predicted octanol–water partition coefficient (Wildman–Crippen LogP) is 1.04. The van der Waals surface area contributed by atoms with E-state index >= 15 is 0 Å². The number of hydrogen-bond donors (Lipinski definition) is 1. The molecule has 0 saturated carbocycles. The van der Waals surface area contributed by atoms with Crippen molar-refractivity contribution >= 4 is 15.7 Å². The molecule has 1 saturated heterocycles. The molecule has 0 radical (unpaired) electrons. The summed E-state index contributed by atoms with van der Waals surface area (Å²) in [5.74, 6) is 1.41. The van der Waals surface area contributed by atoms with Crippen molar-refractivity contribution < 1.29 is 8.42 Å². The zero-order chi connectivity index (χ0) is 14.9. The Labute approximate surface area is 126 Å². The number of aromatic nitrogens is 1. The van der Waals surface area contributed by atoms with E-state index in [1.807, 2.05) is 0 Å². The highest BCUT2D eigenvalue weighted by molar-refractivity contribution is 7.91. The molecule has 1 aromatic heterocycles. The molecule has 5 nitrogen and oxygen atoms in total. The fourth-order valence-electron chi connectivity index (χ4n) is 3.24. The van der Waals surface area contributed by atoms with Crippen LogP contribution in [0.5, 0.6) is 0 Å². The molecular weight excluding hydrogens is 286 g/mol. The van der Waals surface area contributed by atoms with Crippen LogP contribution in [-0.4, -0.2) is 38.0 Å². The summed E-state index contributed by atoms with van der Waals surface area (Å²) in [4.78, 5) is 6.96. The molecule has 0 unspecified atom stereocenters. The Morgan fingerprint density at radius 1 is 1.14 bits per heavy atom. The van der Waals surface area contributed by atoms with Crippen molar-refractivity contribution in [2.75, 3.05) is 29.5 Å². The SMILES string of the molecule is NCc1cc2c(nc1N1CCCS(=O)(=O)CC1)CCCC2. The Kier molecular flexibility index (Phi) is 4.17. The highest BCUT2D eigenvalue weighted by Gasteiger charge is 2.23. The van der Waals surface area contributed by atoms with Gasteiger partial charge in [-0.2, -0.15) is 0 Å². The molecule has 0 atom stereocenters. The van der Waals surface area contributed by atoms with Crippen molar-refractivity contribution in [1.82, 2.24) is 4.98 Å². The second kappa shape index (κ2) is 5.93. The van der Waals surface area contributed by atoms with Crippen LogP contribution in [0.25, 0.3) is 0 Å². The Balaban J connectivity index is 1.93. The van der Waals surface area contributed by atoms with E-state index in [4.69, 9.17) is 10.7 Å². The van der Waals surface area contributed by atoms with Gasteiger partial charge in [-0.1, -0.05) is 0 Å². The average Bonchev–Trinajstić information content (AvgIpc) is 2.66. The lowest BCUT2D eigenvalue weighted by Gasteiger charge is -2.26. The van der Waals surface area contributed by atoms with Crippen LogP contribution in [0.4, 0.5) is 5.82 Å². The van der Waals surface area contributed by atoms with Gasteiger partial charge in [0.15, 0.2) is 9.84 Å². The first-order chi connectivity index (χ1) is 10.1. The summed E-state index contributed by atoms with van der Waals surface area (Å²) in [5.41, 5.74) is 9.46. The smallest absolute Gasteiger partial charge is 0.152 e. The molecule has 1 aromatic rings. The van der Waals surface area contributed by atoms with E-state index in [0.29, 0.717) is 19.5 Å². The molecule has 1 aliphatic carbocycles. The van der Waals surface area contributed by atoms with Gasteiger partial charge < -0.3 is 10.6 Å². The van der Waals surface area contributed by atoms with E-state index < -0.39 is 9.84 Å². The zero-order valence-electron chi connectivity index (χ0n) is 12.3. The first kappa shape index (κ1) is 14.8. The van der Waals surface area contributed by atoms with Crippen LogP contribution in [0.15, 0.2) is 6.07 Å². The summed E-state index contributed by atoms with van der Waals surface area (Å²) in [7, 11) is -2.90. The summed E-state index contributed by atoms with van der Waals surface area (Å²) >= 11 is 0. The minimum atomic E-state index is -2.90. The molecule has 2 heterocycles.